The van der Waals surface area contributed by atoms with E-state index in [-0.39, 0.29) is 24.0 Å². The van der Waals surface area contributed by atoms with Crippen LogP contribution in [0.15, 0.2) is 66.7 Å². The molecule has 2 N–H and O–H groups in total. The van der Waals surface area contributed by atoms with Gasteiger partial charge in [0.1, 0.15) is 17.4 Å². The van der Waals surface area contributed by atoms with Crippen LogP contribution in [0.5, 0.6) is 5.75 Å². The SMILES string of the molecule is Cc1ccc(C(=O)NCCc2nc3cc(NC(=O)COc4ccccc4)ccc3n2C)cc1F. The predicted octanol–water partition coefficient (Wildman–Crippen LogP) is 4.01. The molecule has 0 fully saturated rings. The Kier molecular flexibility index (Phi) is 6.87. The Morgan fingerprint density at radius 1 is 1.06 bits per heavy atom. The molecule has 2 amide bonds. The zero-order valence-electron chi connectivity index (χ0n) is 19.0. The number of aromatic nitrogens is 2. The number of amides is 2. The molecular formula is C26H25FN4O3. The third kappa shape index (κ3) is 5.40. The Hall–Kier alpha value is -4.20. The van der Waals surface area contributed by atoms with Crippen molar-refractivity contribution < 1.29 is 18.7 Å². The van der Waals surface area contributed by atoms with Gasteiger partial charge < -0.3 is 19.9 Å². The summed E-state index contributed by atoms with van der Waals surface area (Å²) in [5, 5.41) is 5.62. The molecule has 0 radical (unpaired) electrons. The van der Waals surface area contributed by atoms with Gasteiger partial charge in [-0.1, -0.05) is 24.3 Å². The number of carbonyl (C=O) groups excluding carboxylic acids is 2. The molecule has 0 saturated carbocycles. The molecule has 0 bridgehead atoms. The van der Waals surface area contributed by atoms with Gasteiger partial charge in [-0.2, -0.15) is 0 Å². The fraction of sp³-hybridized carbons (Fsp3) is 0.192. The minimum absolute atomic E-state index is 0.0971. The summed E-state index contributed by atoms with van der Waals surface area (Å²) in [5.74, 6) is 0.399. The summed E-state index contributed by atoms with van der Waals surface area (Å²) in [5.41, 5.74) is 3.03. The largest absolute Gasteiger partial charge is 0.484 e. The van der Waals surface area contributed by atoms with Gasteiger partial charge in [-0.25, -0.2) is 9.37 Å². The first-order valence-electron chi connectivity index (χ1n) is 10.9. The molecule has 3 aromatic carbocycles. The predicted molar refractivity (Wildman–Crippen MR) is 128 cm³/mol. The summed E-state index contributed by atoms with van der Waals surface area (Å²) in [4.78, 5) is 29.2. The second-order valence-electron chi connectivity index (χ2n) is 7.91. The molecule has 4 rings (SSSR count). The summed E-state index contributed by atoms with van der Waals surface area (Å²) in [6.45, 7) is 1.91. The number of halogens is 1. The third-order valence-electron chi connectivity index (χ3n) is 5.44. The lowest BCUT2D eigenvalue weighted by Gasteiger charge is -2.07. The van der Waals surface area contributed by atoms with Crippen molar-refractivity contribution in [3.63, 3.8) is 0 Å². The molecule has 8 heteroatoms. The number of hydrogen-bond acceptors (Lipinski definition) is 4. The summed E-state index contributed by atoms with van der Waals surface area (Å²) in [6, 6.07) is 19.0. The number of nitrogens with zero attached hydrogens (tertiary/aromatic N) is 2. The zero-order chi connectivity index (χ0) is 24.1. The number of fused-ring (bicyclic) bond motifs is 1. The van der Waals surface area contributed by atoms with Crippen LogP contribution in [0.4, 0.5) is 10.1 Å². The van der Waals surface area contributed by atoms with Crippen LogP contribution in [0.3, 0.4) is 0 Å². The smallest absolute Gasteiger partial charge is 0.262 e. The van der Waals surface area contributed by atoms with Gasteiger partial charge in [0.2, 0.25) is 0 Å². The highest BCUT2D eigenvalue weighted by atomic mass is 19.1. The molecule has 0 aliphatic carbocycles. The Labute approximate surface area is 196 Å². The Balaban J connectivity index is 1.35. The number of hydrogen-bond donors (Lipinski definition) is 2. The van der Waals surface area contributed by atoms with E-state index in [4.69, 9.17) is 4.74 Å². The lowest BCUT2D eigenvalue weighted by atomic mass is 10.1. The lowest BCUT2D eigenvalue weighted by Crippen LogP contribution is -2.26. The minimum Gasteiger partial charge on any atom is -0.484 e. The van der Waals surface area contributed by atoms with Crippen LogP contribution in [0, 0.1) is 12.7 Å². The molecule has 0 atom stereocenters. The fourth-order valence-electron chi connectivity index (χ4n) is 3.54. The van der Waals surface area contributed by atoms with Crippen LogP contribution < -0.4 is 15.4 Å². The van der Waals surface area contributed by atoms with Gasteiger partial charge in [0, 0.05) is 31.3 Å². The number of ether oxygens (including phenoxy) is 1. The number of rotatable bonds is 8. The quantitative estimate of drug-likeness (QED) is 0.416. The van der Waals surface area contributed by atoms with Gasteiger partial charge in [-0.15, -0.1) is 0 Å². The number of nitrogens with one attached hydrogen (secondary N) is 2. The van der Waals surface area contributed by atoms with Gasteiger partial charge >= 0.3 is 0 Å². The third-order valence-corrected chi connectivity index (χ3v) is 5.44. The molecule has 174 valence electrons. The van der Waals surface area contributed by atoms with Gasteiger partial charge in [-0.3, -0.25) is 9.59 Å². The van der Waals surface area contributed by atoms with Crippen molar-refractivity contribution in [3.8, 4) is 5.75 Å². The van der Waals surface area contributed by atoms with E-state index in [1.54, 1.807) is 37.3 Å². The number of imidazole rings is 1. The number of carbonyl (C=O) groups is 2. The summed E-state index contributed by atoms with van der Waals surface area (Å²) in [7, 11) is 1.90. The second kappa shape index (κ2) is 10.2. The van der Waals surface area contributed by atoms with Crippen molar-refractivity contribution in [1.82, 2.24) is 14.9 Å². The Morgan fingerprint density at radius 3 is 2.62 bits per heavy atom. The first-order valence-corrected chi connectivity index (χ1v) is 10.9. The zero-order valence-corrected chi connectivity index (χ0v) is 19.0. The molecule has 0 spiro atoms. The van der Waals surface area contributed by atoms with E-state index in [9.17, 15) is 14.0 Å². The number of para-hydroxylation sites is 1. The maximum atomic E-state index is 13.7. The molecular weight excluding hydrogens is 435 g/mol. The van der Waals surface area contributed by atoms with E-state index < -0.39 is 5.82 Å². The van der Waals surface area contributed by atoms with E-state index in [0.29, 0.717) is 30.0 Å². The summed E-state index contributed by atoms with van der Waals surface area (Å²) < 4.78 is 21.1. The highest BCUT2D eigenvalue weighted by molar-refractivity contribution is 5.94. The first kappa shape index (κ1) is 23.0. The molecule has 0 unspecified atom stereocenters. The molecule has 7 nitrogen and oxygen atoms in total. The maximum Gasteiger partial charge on any atom is 0.262 e. The Morgan fingerprint density at radius 2 is 1.85 bits per heavy atom. The van der Waals surface area contributed by atoms with Gasteiger partial charge in [-0.05, 0) is 55.0 Å². The van der Waals surface area contributed by atoms with Crippen molar-refractivity contribution >= 4 is 28.5 Å². The second-order valence-corrected chi connectivity index (χ2v) is 7.91. The molecule has 0 aliphatic heterocycles. The van der Waals surface area contributed by atoms with Crippen molar-refractivity contribution in [1.29, 1.82) is 0 Å². The topological polar surface area (TPSA) is 85.2 Å². The van der Waals surface area contributed by atoms with Crippen LogP contribution in [0.1, 0.15) is 21.7 Å². The van der Waals surface area contributed by atoms with Crippen LogP contribution in [0.2, 0.25) is 0 Å². The van der Waals surface area contributed by atoms with Crippen molar-refractivity contribution in [2.24, 2.45) is 7.05 Å². The lowest BCUT2D eigenvalue weighted by molar-refractivity contribution is -0.118. The van der Waals surface area contributed by atoms with Crippen molar-refractivity contribution in [2.45, 2.75) is 13.3 Å². The van der Waals surface area contributed by atoms with Gasteiger partial charge in [0.15, 0.2) is 6.61 Å². The number of benzene rings is 3. The molecule has 0 saturated heterocycles. The maximum absolute atomic E-state index is 13.7. The molecule has 0 aliphatic rings. The minimum atomic E-state index is -0.405. The van der Waals surface area contributed by atoms with Crippen LogP contribution in [-0.4, -0.2) is 34.5 Å². The highest BCUT2D eigenvalue weighted by Crippen LogP contribution is 2.20. The Bertz CT molecular complexity index is 1330. The van der Waals surface area contributed by atoms with E-state index in [1.807, 2.05) is 41.9 Å². The standard InChI is InChI=1S/C26H25FN4O3/c1-17-8-9-18(14-21(17)27)26(33)28-13-12-24-30-22-15-19(10-11-23(22)31(24)2)29-25(32)16-34-20-6-4-3-5-7-20/h3-11,14-15H,12-13,16H2,1-2H3,(H,28,33)(H,29,32). The average molecular weight is 461 g/mol. The summed E-state index contributed by atoms with van der Waals surface area (Å²) in [6.07, 6.45) is 0.498. The van der Waals surface area contributed by atoms with Crippen LogP contribution >= 0.6 is 0 Å². The van der Waals surface area contributed by atoms with Crippen molar-refractivity contribution in [3.05, 3.63) is 89.5 Å². The van der Waals surface area contributed by atoms with E-state index >= 15 is 0 Å². The van der Waals surface area contributed by atoms with Crippen LogP contribution in [0.25, 0.3) is 11.0 Å². The molecule has 34 heavy (non-hydrogen) atoms. The van der Waals surface area contributed by atoms with Gasteiger partial charge in [0.25, 0.3) is 11.8 Å². The van der Waals surface area contributed by atoms with E-state index in [0.717, 1.165) is 16.9 Å². The number of aryl methyl sites for hydroxylation is 2. The van der Waals surface area contributed by atoms with Gasteiger partial charge in [0.05, 0.1) is 11.0 Å². The molecule has 1 heterocycles. The van der Waals surface area contributed by atoms with E-state index in [1.165, 1.54) is 6.07 Å². The highest BCUT2D eigenvalue weighted by Gasteiger charge is 2.12. The average Bonchev–Trinajstić information content (AvgIpc) is 3.14. The molecule has 1 aromatic heterocycles. The fourth-order valence-corrected chi connectivity index (χ4v) is 3.54. The van der Waals surface area contributed by atoms with Crippen LogP contribution in [-0.2, 0) is 18.3 Å². The van der Waals surface area contributed by atoms with E-state index in [2.05, 4.69) is 15.6 Å². The summed E-state index contributed by atoms with van der Waals surface area (Å²) >= 11 is 0. The van der Waals surface area contributed by atoms with Crippen molar-refractivity contribution in [2.75, 3.05) is 18.5 Å². The normalized spacial score (nSPS) is 10.8. The molecule has 4 aromatic rings. The monoisotopic (exact) mass is 460 g/mol. The number of anilines is 1. The first-order chi connectivity index (χ1) is 16.4.